The molecule has 0 spiro atoms. The summed E-state index contributed by atoms with van der Waals surface area (Å²) in [6, 6.07) is 7.16. The number of halogens is 3. The highest BCUT2D eigenvalue weighted by molar-refractivity contribution is 5.84. The van der Waals surface area contributed by atoms with Gasteiger partial charge in [-0.05, 0) is 24.1 Å². The van der Waals surface area contributed by atoms with Crippen LogP contribution >= 0.6 is 0 Å². The van der Waals surface area contributed by atoms with Crippen LogP contribution in [0.1, 0.15) is 12.0 Å². The SMILES string of the molecule is COC[C@H](N)C(=O)CCc1cccc(OC)c1.O=C(O)C(F)(F)F. The van der Waals surface area contributed by atoms with E-state index in [1.165, 1.54) is 7.11 Å². The Balaban J connectivity index is 0.000000640. The summed E-state index contributed by atoms with van der Waals surface area (Å²) in [6.07, 6.45) is -3.98. The molecule has 0 radical (unpaired) electrons. The molecule has 0 aromatic heterocycles. The van der Waals surface area contributed by atoms with E-state index in [0.29, 0.717) is 12.8 Å². The lowest BCUT2D eigenvalue weighted by Gasteiger charge is -2.09. The second kappa shape index (κ2) is 10.6. The van der Waals surface area contributed by atoms with Crippen LogP contribution in [0.15, 0.2) is 24.3 Å². The van der Waals surface area contributed by atoms with E-state index in [9.17, 15) is 18.0 Å². The van der Waals surface area contributed by atoms with Crippen molar-refractivity contribution in [2.45, 2.75) is 25.1 Å². The van der Waals surface area contributed by atoms with Gasteiger partial charge in [0, 0.05) is 13.5 Å². The van der Waals surface area contributed by atoms with E-state index in [-0.39, 0.29) is 12.4 Å². The first-order chi connectivity index (χ1) is 11.1. The minimum absolute atomic E-state index is 0.0228. The Morgan fingerprint density at radius 1 is 1.29 bits per heavy atom. The van der Waals surface area contributed by atoms with Crippen molar-refractivity contribution >= 4 is 11.8 Å². The maximum absolute atomic E-state index is 11.6. The number of nitrogens with two attached hydrogens (primary N) is 1. The molecule has 0 heterocycles. The number of Topliss-reactive ketones (excluding diaryl/α,β-unsaturated/α-hetero) is 1. The van der Waals surface area contributed by atoms with E-state index < -0.39 is 18.2 Å². The Labute approximate surface area is 137 Å². The van der Waals surface area contributed by atoms with Crippen molar-refractivity contribution in [2.24, 2.45) is 5.73 Å². The molecule has 136 valence electrons. The molecule has 1 aromatic carbocycles. The molecule has 0 saturated carbocycles. The van der Waals surface area contributed by atoms with E-state index in [4.69, 9.17) is 25.1 Å². The van der Waals surface area contributed by atoms with Crippen molar-refractivity contribution in [3.63, 3.8) is 0 Å². The van der Waals surface area contributed by atoms with Crippen LogP contribution in [0.25, 0.3) is 0 Å². The van der Waals surface area contributed by atoms with Crippen LogP contribution in [0, 0.1) is 0 Å². The molecule has 1 atom stereocenters. The highest BCUT2D eigenvalue weighted by Gasteiger charge is 2.38. The van der Waals surface area contributed by atoms with E-state index >= 15 is 0 Å². The highest BCUT2D eigenvalue weighted by atomic mass is 19.4. The molecule has 0 unspecified atom stereocenters. The summed E-state index contributed by atoms with van der Waals surface area (Å²) < 4.78 is 41.7. The number of carbonyl (C=O) groups excluding carboxylic acids is 1. The van der Waals surface area contributed by atoms with Gasteiger partial charge < -0.3 is 20.3 Å². The van der Waals surface area contributed by atoms with Gasteiger partial charge in [0.2, 0.25) is 0 Å². The lowest BCUT2D eigenvalue weighted by atomic mass is 10.0. The molecule has 0 amide bonds. The number of carbonyl (C=O) groups is 2. The second-order valence-electron chi connectivity index (χ2n) is 4.68. The minimum Gasteiger partial charge on any atom is -0.497 e. The number of ketones is 1. The molecule has 1 rings (SSSR count). The maximum atomic E-state index is 11.6. The van der Waals surface area contributed by atoms with Crippen molar-refractivity contribution in [3.8, 4) is 5.75 Å². The predicted molar refractivity (Wildman–Crippen MR) is 79.9 cm³/mol. The molecule has 1 aromatic rings. The van der Waals surface area contributed by atoms with Crippen LogP contribution in [0.2, 0.25) is 0 Å². The molecule has 0 aliphatic carbocycles. The number of rotatable bonds is 7. The summed E-state index contributed by atoms with van der Waals surface area (Å²) in [5.41, 5.74) is 6.72. The maximum Gasteiger partial charge on any atom is 0.490 e. The van der Waals surface area contributed by atoms with Crippen molar-refractivity contribution in [3.05, 3.63) is 29.8 Å². The third kappa shape index (κ3) is 9.11. The minimum atomic E-state index is -5.08. The average molecular weight is 351 g/mol. The fourth-order valence-corrected chi connectivity index (χ4v) is 1.55. The number of carboxylic acid groups (broad SMARTS) is 1. The van der Waals surface area contributed by atoms with Gasteiger partial charge in [-0.2, -0.15) is 13.2 Å². The smallest absolute Gasteiger partial charge is 0.490 e. The van der Waals surface area contributed by atoms with Gasteiger partial charge in [0.25, 0.3) is 0 Å². The zero-order valence-electron chi connectivity index (χ0n) is 13.3. The van der Waals surface area contributed by atoms with E-state index in [1.807, 2.05) is 24.3 Å². The molecule has 9 heteroatoms. The largest absolute Gasteiger partial charge is 0.497 e. The van der Waals surface area contributed by atoms with Crippen LogP contribution in [0.3, 0.4) is 0 Å². The van der Waals surface area contributed by atoms with E-state index in [1.54, 1.807) is 7.11 Å². The molecule has 24 heavy (non-hydrogen) atoms. The Kier molecular flexibility index (Phi) is 9.67. The lowest BCUT2D eigenvalue weighted by Crippen LogP contribution is -2.34. The molecule has 0 bridgehead atoms. The van der Waals surface area contributed by atoms with Crippen molar-refractivity contribution in [1.82, 2.24) is 0 Å². The number of alkyl halides is 3. The quantitative estimate of drug-likeness (QED) is 0.777. The first-order valence-corrected chi connectivity index (χ1v) is 6.82. The van der Waals surface area contributed by atoms with Crippen LogP contribution in [-0.2, 0) is 20.7 Å². The average Bonchev–Trinajstić information content (AvgIpc) is 2.52. The number of benzene rings is 1. The topological polar surface area (TPSA) is 98.9 Å². The summed E-state index contributed by atoms with van der Waals surface area (Å²) in [4.78, 5) is 20.5. The zero-order chi connectivity index (χ0) is 18.8. The molecule has 0 saturated heterocycles. The van der Waals surface area contributed by atoms with Gasteiger partial charge in [0.15, 0.2) is 5.78 Å². The Bertz CT molecular complexity index is 534. The Morgan fingerprint density at radius 3 is 2.33 bits per heavy atom. The van der Waals surface area contributed by atoms with Crippen LogP contribution in [-0.4, -0.2) is 49.9 Å². The lowest BCUT2D eigenvalue weighted by molar-refractivity contribution is -0.192. The summed E-state index contributed by atoms with van der Waals surface area (Å²) in [6.45, 7) is 0.275. The summed E-state index contributed by atoms with van der Waals surface area (Å²) >= 11 is 0. The molecule has 0 aliphatic rings. The number of aryl methyl sites for hydroxylation is 1. The summed E-state index contributed by atoms with van der Waals surface area (Å²) in [5.74, 6) is -1.93. The second-order valence-corrected chi connectivity index (χ2v) is 4.68. The summed E-state index contributed by atoms with van der Waals surface area (Å²) in [5, 5.41) is 7.12. The van der Waals surface area contributed by atoms with Crippen molar-refractivity contribution in [2.75, 3.05) is 20.8 Å². The molecule has 0 fully saturated rings. The number of methoxy groups -OCH3 is 2. The number of hydrogen-bond donors (Lipinski definition) is 2. The van der Waals surface area contributed by atoms with Crippen molar-refractivity contribution in [1.29, 1.82) is 0 Å². The third-order valence-corrected chi connectivity index (χ3v) is 2.80. The van der Waals surface area contributed by atoms with Gasteiger partial charge in [-0.25, -0.2) is 4.79 Å². The number of aliphatic carboxylic acids is 1. The van der Waals surface area contributed by atoms with Gasteiger partial charge in [0.1, 0.15) is 5.75 Å². The first-order valence-electron chi connectivity index (χ1n) is 6.82. The fraction of sp³-hybridized carbons (Fsp3) is 0.467. The summed E-state index contributed by atoms with van der Waals surface area (Å²) in [7, 11) is 3.16. The normalized spacial score (nSPS) is 11.9. The Morgan fingerprint density at radius 2 is 1.88 bits per heavy atom. The molecule has 3 N–H and O–H groups in total. The monoisotopic (exact) mass is 351 g/mol. The zero-order valence-corrected chi connectivity index (χ0v) is 13.3. The highest BCUT2D eigenvalue weighted by Crippen LogP contribution is 2.14. The predicted octanol–water partition coefficient (Wildman–Crippen LogP) is 1.80. The molecular weight excluding hydrogens is 331 g/mol. The van der Waals surface area contributed by atoms with Crippen molar-refractivity contribution < 1.29 is 37.3 Å². The van der Waals surface area contributed by atoms with Crippen LogP contribution < -0.4 is 10.5 Å². The third-order valence-electron chi connectivity index (χ3n) is 2.80. The van der Waals surface area contributed by atoms with Crippen LogP contribution in [0.5, 0.6) is 5.75 Å². The molecule has 6 nitrogen and oxygen atoms in total. The van der Waals surface area contributed by atoms with E-state index in [0.717, 1.165) is 11.3 Å². The Hall–Kier alpha value is -2.13. The van der Waals surface area contributed by atoms with Gasteiger partial charge >= 0.3 is 12.1 Å². The van der Waals surface area contributed by atoms with Gasteiger partial charge in [-0.15, -0.1) is 0 Å². The standard InChI is InChI=1S/C13H19NO3.C2HF3O2/c1-16-9-12(14)13(15)7-6-10-4-3-5-11(8-10)17-2;3-2(4,5)1(6)7/h3-5,8,12H,6-7,9,14H2,1-2H3;(H,6,7)/t12-;/m0./s1. The number of carboxylic acids is 1. The van der Waals surface area contributed by atoms with Gasteiger partial charge in [-0.3, -0.25) is 4.79 Å². The van der Waals surface area contributed by atoms with Crippen LogP contribution in [0.4, 0.5) is 13.2 Å². The number of hydrogen-bond acceptors (Lipinski definition) is 5. The molecular formula is C15H20F3NO5. The first kappa shape index (κ1) is 21.9. The fourth-order valence-electron chi connectivity index (χ4n) is 1.55. The molecule has 0 aliphatic heterocycles. The van der Waals surface area contributed by atoms with Gasteiger partial charge in [0.05, 0.1) is 19.8 Å². The van der Waals surface area contributed by atoms with Gasteiger partial charge in [-0.1, -0.05) is 12.1 Å². The number of ether oxygens (including phenoxy) is 2. The van der Waals surface area contributed by atoms with E-state index in [2.05, 4.69) is 0 Å².